The number of carbonyl (C=O) groups excluding carboxylic acids is 2. The molecule has 1 aliphatic heterocycles. The number of amides is 2. The first-order valence-electron chi connectivity index (χ1n) is 10.6. The molecule has 2 N–H and O–H groups in total. The lowest BCUT2D eigenvalue weighted by Crippen LogP contribution is -2.48. The third kappa shape index (κ3) is 6.86. The summed E-state index contributed by atoms with van der Waals surface area (Å²) in [6.45, 7) is 15.4. The number of hydrogen-bond acceptors (Lipinski definition) is 5. The Morgan fingerprint density at radius 2 is 1.77 bits per heavy atom. The van der Waals surface area contributed by atoms with Crippen LogP contribution in [0.15, 0.2) is 18.2 Å². The minimum Gasteiger partial charge on any atom is -0.444 e. The fraction of sp³-hybridized carbons (Fsp3) is 0.636. The molecule has 0 saturated carbocycles. The normalized spacial score (nSPS) is 17.2. The Labute approximate surface area is 178 Å². The molecule has 0 spiro atoms. The van der Waals surface area contributed by atoms with Gasteiger partial charge < -0.3 is 25.2 Å². The van der Waals surface area contributed by atoms with Crippen LogP contribution in [0.2, 0.25) is 0 Å². The number of nitrogens with zero attached hydrogens (tertiary/aromatic N) is 2. The van der Waals surface area contributed by atoms with Gasteiger partial charge in [0.15, 0.2) is 0 Å². The van der Waals surface area contributed by atoms with Gasteiger partial charge >= 0.3 is 6.09 Å². The van der Waals surface area contributed by atoms with E-state index in [1.807, 2.05) is 6.92 Å². The van der Waals surface area contributed by atoms with Crippen LogP contribution in [-0.4, -0.2) is 61.3 Å². The first kappa shape index (κ1) is 23.9. The van der Waals surface area contributed by atoms with Gasteiger partial charge in [-0.05, 0) is 59.4 Å². The summed E-state index contributed by atoms with van der Waals surface area (Å²) in [6, 6.07) is 3.49. The quantitative estimate of drug-likeness (QED) is 0.737. The predicted octanol–water partition coefficient (Wildman–Crippen LogP) is 3.06. The molecule has 1 aromatic rings. The van der Waals surface area contributed by atoms with Crippen LogP contribution in [0.25, 0.3) is 0 Å². The summed E-state index contributed by atoms with van der Waals surface area (Å²) in [5.41, 5.74) is 0.997. The summed E-state index contributed by atoms with van der Waals surface area (Å²) in [5, 5.41) is 5.41. The molecule has 1 unspecified atom stereocenters. The molecule has 0 aromatic heterocycles. The van der Waals surface area contributed by atoms with Crippen LogP contribution in [0, 0.1) is 5.82 Å². The van der Waals surface area contributed by atoms with E-state index in [0.29, 0.717) is 0 Å². The first-order valence-corrected chi connectivity index (χ1v) is 10.6. The Hall–Kier alpha value is -2.35. The van der Waals surface area contributed by atoms with Crippen molar-refractivity contribution in [2.24, 2.45) is 0 Å². The van der Waals surface area contributed by atoms with Crippen LogP contribution in [0.4, 0.5) is 14.9 Å². The van der Waals surface area contributed by atoms with E-state index in [9.17, 15) is 14.0 Å². The van der Waals surface area contributed by atoms with E-state index in [2.05, 4.69) is 27.4 Å². The van der Waals surface area contributed by atoms with E-state index in [4.69, 9.17) is 4.74 Å². The van der Waals surface area contributed by atoms with Crippen molar-refractivity contribution in [1.82, 2.24) is 15.5 Å². The lowest BCUT2D eigenvalue weighted by molar-refractivity contribution is -0.123. The molecule has 30 heavy (non-hydrogen) atoms. The van der Waals surface area contributed by atoms with E-state index in [-0.39, 0.29) is 11.7 Å². The van der Waals surface area contributed by atoms with Crippen molar-refractivity contribution in [3.8, 4) is 0 Å². The van der Waals surface area contributed by atoms with Crippen molar-refractivity contribution in [1.29, 1.82) is 0 Å². The van der Waals surface area contributed by atoms with Gasteiger partial charge in [0.05, 0.1) is 6.04 Å². The minimum atomic E-state index is -0.785. The first-order chi connectivity index (χ1) is 14.0. The molecule has 2 rings (SSSR count). The SMILES string of the molecule is CCN1CCN(c2ccc(F)cc2C(C)NC(=O)[C@@H](C)NC(=O)OC(C)(C)C)CC1. The number of nitrogens with one attached hydrogen (secondary N) is 2. The summed E-state index contributed by atoms with van der Waals surface area (Å²) in [7, 11) is 0. The van der Waals surface area contributed by atoms with Crippen LogP contribution < -0.4 is 15.5 Å². The fourth-order valence-corrected chi connectivity index (χ4v) is 3.43. The Balaban J connectivity index is 2.05. The Morgan fingerprint density at radius 3 is 2.33 bits per heavy atom. The summed E-state index contributed by atoms with van der Waals surface area (Å²) >= 11 is 0. The number of anilines is 1. The van der Waals surface area contributed by atoms with Crippen LogP contribution in [0.1, 0.15) is 53.1 Å². The van der Waals surface area contributed by atoms with E-state index >= 15 is 0 Å². The molecule has 0 aliphatic carbocycles. The number of halogens is 1. The maximum Gasteiger partial charge on any atom is 0.408 e. The second-order valence-electron chi connectivity index (χ2n) is 8.72. The number of carbonyl (C=O) groups is 2. The number of alkyl carbamates (subject to hydrolysis) is 1. The number of ether oxygens (including phenoxy) is 1. The van der Waals surface area contributed by atoms with Gasteiger partial charge in [0.1, 0.15) is 17.5 Å². The van der Waals surface area contributed by atoms with Crippen LogP contribution >= 0.6 is 0 Å². The third-order valence-corrected chi connectivity index (χ3v) is 5.10. The molecule has 1 saturated heterocycles. The molecule has 0 radical (unpaired) electrons. The summed E-state index contributed by atoms with van der Waals surface area (Å²) in [6.07, 6.45) is -0.655. The van der Waals surface area contributed by atoms with Gasteiger partial charge in [-0.25, -0.2) is 9.18 Å². The second-order valence-corrected chi connectivity index (χ2v) is 8.72. The Kier molecular flexibility index (Phi) is 8.06. The van der Waals surface area contributed by atoms with Crippen LogP contribution in [0.3, 0.4) is 0 Å². The van der Waals surface area contributed by atoms with Crippen LogP contribution in [0.5, 0.6) is 0 Å². The summed E-state index contributed by atoms with van der Waals surface area (Å²) in [5.74, 6) is -0.707. The van der Waals surface area contributed by atoms with Gasteiger partial charge in [-0.15, -0.1) is 0 Å². The van der Waals surface area contributed by atoms with E-state index in [1.165, 1.54) is 12.1 Å². The zero-order valence-electron chi connectivity index (χ0n) is 18.9. The molecule has 1 aliphatic rings. The van der Waals surface area contributed by atoms with Crippen molar-refractivity contribution in [2.45, 2.75) is 59.2 Å². The topological polar surface area (TPSA) is 73.9 Å². The van der Waals surface area contributed by atoms with Gasteiger partial charge in [0.2, 0.25) is 5.91 Å². The molecular formula is C22H35FN4O3. The van der Waals surface area contributed by atoms with E-state index in [0.717, 1.165) is 44.0 Å². The average molecular weight is 423 g/mol. The molecule has 8 heteroatoms. The van der Waals surface area contributed by atoms with Gasteiger partial charge in [-0.1, -0.05) is 6.92 Å². The molecule has 1 heterocycles. The fourth-order valence-electron chi connectivity index (χ4n) is 3.43. The highest BCUT2D eigenvalue weighted by Gasteiger charge is 2.25. The van der Waals surface area contributed by atoms with Crippen LogP contribution in [-0.2, 0) is 9.53 Å². The number of likely N-dealkylation sites (N-methyl/N-ethyl adjacent to an activating group) is 1. The van der Waals surface area contributed by atoms with Gasteiger partial charge in [-0.3, -0.25) is 4.79 Å². The Morgan fingerprint density at radius 1 is 1.13 bits per heavy atom. The Bertz CT molecular complexity index is 742. The zero-order valence-corrected chi connectivity index (χ0v) is 18.9. The van der Waals surface area contributed by atoms with Crippen molar-refractivity contribution in [2.75, 3.05) is 37.6 Å². The number of piperazine rings is 1. The monoisotopic (exact) mass is 422 g/mol. The molecule has 2 amide bonds. The third-order valence-electron chi connectivity index (χ3n) is 5.10. The smallest absolute Gasteiger partial charge is 0.408 e. The predicted molar refractivity (Wildman–Crippen MR) is 116 cm³/mol. The van der Waals surface area contributed by atoms with E-state index < -0.39 is 23.8 Å². The van der Waals surface area contributed by atoms with Gasteiger partial charge in [0.25, 0.3) is 0 Å². The molecule has 0 bridgehead atoms. The highest BCUT2D eigenvalue weighted by atomic mass is 19.1. The molecule has 7 nitrogen and oxygen atoms in total. The molecule has 1 fully saturated rings. The van der Waals surface area contributed by atoms with E-state index in [1.54, 1.807) is 33.8 Å². The standard InChI is InChI=1S/C22H35FN4O3/c1-7-26-10-12-27(13-11-26)19-9-8-17(23)14-18(19)15(2)24-20(28)16(3)25-21(29)30-22(4,5)6/h8-9,14-16H,7,10-13H2,1-6H3,(H,24,28)(H,25,29)/t15?,16-/m1/s1. The molecule has 2 atom stereocenters. The van der Waals surface area contributed by atoms with Crippen molar-refractivity contribution in [3.63, 3.8) is 0 Å². The number of benzene rings is 1. The highest BCUT2D eigenvalue weighted by Crippen LogP contribution is 2.28. The molecule has 1 aromatic carbocycles. The molecule has 168 valence electrons. The second kappa shape index (κ2) is 10.1. The van der Waals surface area contributed by atoms with Crippen molar-refractivity contribution in [3.05, 3.63) is 29.6 Å². The average Bonchev–Trinajstić information content (AvgIpc) is 2.66. The van der Waals surface area contributed by atoms with Gasteiger partial charge in [0, 0.05) is 37.4 Å². The van der Waals surface area contributed by atoms with Gasteiger partial charge in [-0.2, -0.15) is 0 Å². The number of rotatable bonds is 6. The van der Waals surface area contributed by atoms with Crippen molar-refractivity contribution >= 4 is 17.7 Å². The summed E-state index contributed by atoms with van der Waals surface area (Å²) < 4.78 is 19.2. The number of hydrogen-bond donors (Lipinski definition) is 2. The zero-order chi connectivity index (χ0) is 22.5. The van der Waals surface area contributed by atoms with Crippen molar-refractivity contribution < 1.29 is 18.7 Å². The minimum absolute atomic E-state index is 0.345. The maximum absolute atomic E-state index is 14.0. The maximum atomic E-state index is 14.0. The lowest BCUT2D eigenvalue weighted by Gasteiger charge is -2.37. The lowest BCUT2D eigenvalue weighted by atomic mass is 10.0. The largest absolute Gasteiger partial charge is 0.444 e. The molecular weight excluding hydrogens is 387 g/mol. The summed E-state index contributed by atoms with van der Waals surface area (Å²) in [4.78, 5) is 29.1. The highest BCUT2D eigenvalue weighted by molar-refractivity contribution is 5.85.